The Morgan fingerprint density at radius 1 is 1.33 bits per heavy atom. The third-order valence-electron chi connectivity index (χ3n) is 3.07. The zero-order chi connectivity index (χ0) is 13.1. The lowest BCUT2D eigenvalue weighted by Crippen LogP contribution is -2.30. The molecule has 3 N–H and O–H groups in total. The first kappa shape index (κ1) is 12.9. The lowest BCUT2D eigenvalue weighted by Gasteiger charge is -2.18. The minimum atomic E-state index is -0.847. The number of rotatable bonds is 3. The summed E-state index contributed by atoms with van der Waals surface area (Å²) >= 11 is 0. The highest BCUT2D eigenvalue weighted by Gasteiger charge is 2.33. The van der Waals surface area contributed by atoms with Gasteiger partial charge in [0.2, 0.25) is 0 Å². The van der Waals surface area contributed by atoms with Crippen LogP contribution < -0.4 is 5.32 Å². The fraction of sp³-hybridized carbons (Fsp3) is 0.462. The van der Waals surface area contributed by atoms with Crippen LogP contribution in [0.25, 0.3) is 0 Å². The number of amides is 1. The Morgan fingerprint density at radius 2 is 1.94 bits per heavy atom. The van der Waals surface area contributed by atoms with Crippen molar-refractivity contribution in [3.63, 3.8) is 0 Å². The van der Waals surface area contributed by atoms with E-state index in [9.17, 15) is 15.0 Å². The highest BCUT2D eigenvalue weighted by molar-refractivity contribution is 5.99. The molecule has 98 valence electrons. The number of likely N-dealkylation sites (tertiary alicyclic amines) is 1. The summed E-state index contributed by atoms with van der Waals surface area (Å²) in [5.74, 6) is -0.165. The van der Waals surface area contributed by atoms with Gasteiger partial charge in [-0.25, -0.2) is 0 Å². The summed E-state index contributed by atoms with van der Waals surface area (Å²) in [6, 6.07) is 7.26. The summed E-state index contributed by atoms with van der Waals surface area (Å²) in [5.41, 5.74) is 1.35. The summed E-state index contributed by atoms with van der Waals surface area (Å²) in [6.45, 7) is 3.06. The van der Waals surface area contributed by atoms with Crippen molar-refractivity contribution in [2.45, 2.75) is 19.1 Å². The molecule has 1 aliphatic heterocycles. The molecular weight excluding hydrogens is 232 g/mol. The van der Waals surface area contributed by atoms with Crippen LogP contribution in [0.2, 0.25) is 0 Å². The van der Waals surface area contributed by atoms with Gasteiger partial charge in [-0.2, -0.15) is 0 Å². The number of anilines is 1. The molecule has 1 aromatic carbocycles. The smallest absolute Gasteiger partial charge is 0.256 e. The predicted molar refractivity (Wildman–Crippen MR) is 68.5 cm³/mol. The molecule has 0 bridgehead atoms. The maximum atomic E-state index is 12.3. The maximum absolute atomic E-state index is 12.3. The Bertz CT molecular complexity index is 426. The quantitative estimate of drug-likeness (QED) is 0.721. The van der Waals surface area contributed by atoms with E-state index in [-0.39, 0.29) is 19.0 Å². The van der Waals surface area contributed by atoms with Crippen molar-refractivity contribution in [2.75, 3.05) is 25.0 Å². The maximum Gasteiger partial charge on any atom is 0.256 e. The van der Waals surface area contributed by atoms with E-state index < -0.39 is 12.2 Å². The number of hydrogen-bond donors (Lipinski definition) is 3. The van der Waals surface area contributed by atoms with Gasteiger partial charge in [-0.15, -0.1) is 0 Å². The van der Waals surface area contributed by atoms with E-state index in [1.165, 1.54) is 4.90 Å². The lowest BCUT2D eigenvalue weighted by molar-refractivity contribution is 0.0572. The van der Waals surface area contributed by atoms with E-state index in [0.717, 1.165) is 12.2 Å². The Labute approximate surface area is 106 Å². The van der Waals surface area contributed by atoms with Crippen LogP contribution in [-0.4, -0.2) is 52.9 Å². The van der Waals surface area contributed by atoms with E-state index in [1.54, 1.807) is 12.1 Å². The highest BCUT2D eigenvalue weighted by atomic mass is 16.3. The zero-order valence-corrected chi connectivity index (χ0v) is 10.3. The van der Waals surface area contributed by atoms with Gasteiger partial charge in [0.25, 0.3) is 5.91 Å². The van der Waals surface area contributed by atoms with Crippen molar-refractivity contribution in [3.8, 4) is 0 Å². The second-order valence-electron chi connectivity index (χ2n) is 4.42. The van der Waals surface area contributed by atoms with Gasteiger partial charge >= 0.3 is 0 Å². The largest absolute Gasteiger partial charge is 0.388 e. The monoisotopic (exact) mass is 250 g/mol. The van der Waals surface area contributed by atoms with Crippen molar-refractivity contribution in [2.24, 2.45) is 0 Å². The SMILES string of the molecule is CCNc1ccccc1C(=O)N1CC(O)C(O)C1. The standard InChI is InChI=1S/C13H18N2O3/c1-2-14-10-6-4-3-5-9(10)13(18)15-7-11(16)12(17)8-15/h3-6,11-12,14,16-17H,2,7-8H2,1H3. The molecular formula is C13H18N2O3. The number of aliphatic hydroxyl groups is 2. The van der Waals surface area contributed by atoms with Crippen LogP contribution in [0.15, 0.2) is 24.3 Å². The first-order valence-electron chi connectivity index (χ1n) is 6.11. The van der Waals surface area contributed by atoms with Crippen LogP contribution >= 0.6 is 0 Å². The topological polar surface area (TPSA) is 72.8 Å². The summed E-state index contributed by atoms with van der Waals surface area (Å²) < 4.78 is 0. The number of hydrogen-bond acceptors (Lipinski definition) is 4. The van der Waals surface area contributed by atoms with Crippen molar-refractivity contribution in [1.29, 1.82) is 0 Å². The molecule has 18 heavy (non-hydrogen) atoms. The van der Waals surface area contributed by atoms with Crippen LogP contribution in [0.4, 0.5) is 5.69 Å². The molecule has 5 nitrogen and oxygen atoms in total. The summed E-state index contributed by atoms with van der Waals surface area (Å²) in [5, 5.41) is 22.1. The number of nitrogens with zero attached hydrogens (tertiary/aromatic N) is 1. The molecule has 1 aromatic rings. The van der Waals surface area contributed by atoms with Crippen molar-refractivity contribution >= 4 is 11.6 Å². The first-order valence-corrected chi connectivity index (χ1v) is 6.11. The van der Waals surface area contributed by atoms with Gasteiger partial charge in [0, 0.05) is 25.3 Å². The number of aliphatic hydroxyl groups excluding tert-OH is 2. The molecule has 1 saturated heterocycles. The Morgan fingerprint density at radius 3 is 2.56 bits per heavy atom. The molecule has 2 unspecified atom stereocenters. The average molecular weight is 250 g/mol. The van der Waals surface area contributed by atoms with Crippen molar-refractivity contribution in [1.82, 2.24) is 4.90 Å². The normalized spacial score (nSPS) is 23.2. The van der Waals surface area contributed by atoms with Gasteiger partial charge in [0.05, 0.1) is 17.8 Å². The highest BCUT2D eigenvalue weighted by Crippen LogP contribution is 2.20. The minimum Gasteiger partial charge on any atom is -0.388 e. The fourth-order valence-corrected chi connectivity index (χ4v) is 2.12. The molecule has 1 heterocycles. The van der Waals surface area contributed by atoms with Crippen LogP contribution in [-0.2, 0) is 0 Å². The van der Waals surface area contributed by atoms with E-state index in [0.29, 0.717) is 5.56 Å². The van der Waals surface area contributed by atoms with Gasteiger partial charge in [-0.05, 0) is 19.1 Å². The van der Waals surface area contributed by atoms with Crippen LogP contribution in [0.3, 0.4) is 0 Å². The number of carbonyl (C=O) groups excluding carboxylic acids is 1. The molecule has 2 atom stereocenters. The predicted octanol–water partition coefficient (Wildman–Crippen LogP) is 0.296. The fourth-order valence-electron chi connectivity index (χ4n) is 2.12. The molecule has 0 aromatic heterocycles. The first-order chi connectivity index (χ1) is 8.63. The molecule has 2 rings (SSSR count). The average Bonchev–Trinajstić information content (AvgIpc) is 2.70. The minimum absolute atomic E-state index is 0.165. The lowest BCUT2D eigenvalue weighted by atomic mass is 10.1. The van der Waals surface area contributed by atoms with Gasteiger partial charge in [-0.3, -0.25) is 4.79 Å². The molecule has 1 amide bonds. The Balaban J connectivity index is 2.19. The number of β-amino-alcohol motifs (C(OH)–C–C–N with tert-alkyl or cyclic N) is 2. The van der Waals surface area contributed by atoms with Crippen LogP contribution in [0.5, 0.6) is 0 Å². The second kappa shape index (κ2) is 5.37. The van der Waals surface area contributed by atoms with Gasteiger partial charge in [0.15, 0.2) is 0 Å². The Hall–Kier alpha value is -1.59. The van der Waals surface area contributed by atoms with Crippen molar-refractivity contribution in [3.05, 3.63) is 29.8 Å². The van der Waals surface area contributed by atoms with Crippen LogP contribution in [0, 0.1) is 0 Å². The number of nitrogens with one attached hydrogen (secondary N) is 1. The zero-order valence-electron chi connectivity index (χ0n) is 10.3. The molecule has 5 heteroatoms. The van der Waals surface area contributed by atoms with Crippen molar-refractivity contribution < 1.29 is 15.0 Å². The molecule has 0 spiro atoms. The van der Waals surface area contributed by atoms with E-state index in [4.69, 9.17) is 0 Å². The summed E-state index contributed by atoms with van der Waals surface area (Å²) in [7, 11) is 0. The number of para-hydroxylation sites is 1. The van der Waals surface area contributed by atoms with E-state index in [1.807, 2.05) is 19.1 Å². The van der Waals surface area contributed by atoms with E-state index in [2.05, 4.69) is 5.32 Å². The molecule has 0 aliphatic carbocycles. The van der Waals surface area contributed by atoms with E-state index >= 15 is 0 Å². The molecule has 0 radical (unpaired) electrons. The second-order valence-corrected chi connectivity index (χ2v) is 4.42. The van der Waals surface area contributed by atoms with Gasteiger partial charge in [-0.1, -0.05) is 12.1 Å². The molecule has 0 saturated carbocycles. The molecule has 1 fully saturated rings. The van der Waals surface area contributed by atoms with Gasteiger partial charge < -0.3 is 20.4 Å². The van der Waals surface area contributed by atoms with Gasteiger partial charge in [0.1, 0.15) is 0 Å². The third kappa shape index (κ3) is 2.47. The third-order valence-corrected chi connectivity index (χ3v) is 3.07. The number of carbonyl (C=O) groups is 1. The molecule has 1 aliphatic rings. The summed E-state index contributed by atoms with van der Waals surface area (Å²) in [6.07, 6.45) is -1.69. The summed E-state index contributed by atoms with van der Waals surface area (Å²) in [4.78, 5) is 13.8. The number of benzene rings is 1. The Kier molecular flexibility index (Phi) is 3.84. The van der Waals surface area contributed by atoms with Crippen LogP contribution in [0.1, 0.15) is 17.3 Å².